The molecule has 3 atom stereocenters. The third-order valence-corrected chi connectivity index (χ3v) is 6.80. The number of carbonyl (C=O) groups excluding carboxylic acids is 3. The summed E-state index contributed by atoms with van der Waals surface area (Å²) in [7, 11) is -0.464. The van der Waals surface area contributed by atoms with E-state index in [4.69, 9.17) is 10.5 Å². The first kappa shape index (κ1) is 26.3. The number of hydrogen-bond acceptors (Lipinski definition) is 5. The average molecular weight is 470 g/mol. The van der Waals surface area contributed by atoms with E-state index in [1.54, 1.807) is 0 Å². The van der Waals surface area contributed by atoms with Crippen LogP contribution in [-0.4, -0.2) is 51.1 Å². The number of rotatable bonds is 11. The number of amides is 2. The van der Waals surface area contributed by atoms with E-state index in [0.717, 1.165) is 11.1 Å². The van der Waals surface area contributed by atoms with Crippen LogP contribution in [0.3, 0.4) is 0 Å². The van der Waals surface area contributed by atoms with Crippen molar-refractivity contribution in [3.8, 4) is 0 Å². The fourth-order valence-electron chi connectivity index (χ4n) is 3.52. The number of carbonyl (C=O) groups is 3. The zero-order valence-corrected chi connectivity index (χ0v) is 20.8. The van der Waals surface area contributed by atoms with Crippen molar-refractivity contribution in [1.82, 2.24) is 10.6 Å². The Labute approximate surface area is 197 Å². The van der Waals surface area contributed by atoms with Crippen molar-refractivity contribution in [2.45, 2.75) is 56.7 Å². The van der Waals surface area contributed by atoms with Crippen LogP contribution in [0.1, 0.15) is 11.1 Å². The van der Waals surface area contributed by atoms with E-state index in [9.17, 15) is 14.4 Å². The quantitative estimate of drug-likeness (QED) is 0.345. The summed E-state index contributed by atoms with van der Waals surface area (Å²) in [6.45, 7) is 6.35. The van der Waals surface area contributed by atoms with Crippen molar-refractivity contribution >= 4 is 25.9 Å². The molecule has 0 aromatic heterocycles. The number of nitrogens with two attached hydrogens (primary N) is 1. The molecule has 8 heteroatoms. The van der Waals surface area contributed by atoms with Crippen molar-refractivity contribution in [1.29, 1.82) is 0 Å². The summed E-state index contributed by atoms with van der Waals surface area (Å²) in [5, 5.41) is 5.61. The van der Waals surface area contributed by atoms with Gasteiger partial charge in [0.1, 0.15) is 12.1 Å². The van der Waals surface area contributed by atoms with Gasteiger partial charge in [-0.3, -0.25) is 9.59 Å². The Balaban J connectivity index is 2.12. The largest absolute Gasteiger partial charge is 0.467 e. The van der Waals surface area contributed by atoms with E-state index in [2.05, 4.69) is 30.3 Å². The predicted octanol–water partition coefficient (Wildman–Crippen LogP) is 2.28. The van der Waals surface area contributed by atoms with Crippen LogP contribution in [0.15, 0.2) is 60.7 Å². The second kappa shape index (κ2) is 12.3. The average Bonchev–Trinajstić information content (AvgIpc) is 2.78. The van der Waals surface area contributed by atoms with Gasteiger partial charge in [-0.2, -0.15) is 0 Å². The highest BCUT2D eigenvalue weighted by Gasteiger charge is 2.32. The number of methoxy groups -OCH3 is 1. The molecule has 0 saturated carbocycles. The van der Waals surface area contributed by atoms with Gasteiger partial charge in [0.2, 0.25) is 11.8 Å². The normalized spacial score (nSPS) is 14.0. The van der Waals surface area contributed by atoms with Gasteiger partial charge in [0.15, 0.2) is 0 Å². The van der Waals surface area contributed by atoms with Crippen molar-refractivity contribution in [3.05, 3.63) is 71.8 Å². The van der Waals surface area contributed by atoms with Crippen LogP contribution < -0.4 is 16.4 Å². The Morgan fingerprint density at radius 2 is 1.30 bits per heavy atom. The van der Waals surface area contributed by atoms with Gasteiger partial charge in [-0.1, -0.05) is 80.3 Å². The van der Waals surface area contributed by atoms with Gasteiger partial charge in [0, 0.05) is 14.5 Å². The monoisotopic (exact) mass is 469 g/mol. The van der Waals surface area contributed by atoms with E-state index in [0.29, 0.717) is 18.9 Å². The zero-order chi connectivity index (χ0) is 24.4. The molecule has 0 radical (unpaired) electrons. The first-order valence-corrected chi connectivity index (χ1v) is 14.8. The molecule has 2 aromatic carbocycles. The number of benzene rings is 2. The molecule has 7 nitrogen and oxygen atoms in total. The van der Waals surface area contributed by atoms with Gasteiger partial charge in [0.25, 0.3) is 0 Å². The fourth-order valence-corrected chi connectivity index (χ4v) is 5.03. The standard InChI is InChI=1S/C25H35N3O4Si/c1-32-25(31)21(16-19-13-9-6-10-14-19)27-24(30)22(17-33(2,3)4)28-23(29)20(26)15-18-11-7-5-8-12-18/h5-14,20-22H,15-17,26H2,1-4H3,(H,27,30)(H,28,29)/t20-,21-,22-/m0/s1. The summed E-state index contributed by atoms with van der Waals surface area (Å²) in [6.07, 6.45) is 0.660. The Hall–Kier alpha value is -2.97. The molecular formula is C25H35N3O4Si. The van der Waals surface area contributed by atoms with Crippen LogP contribution in [0, 0.1) is 0 Å². The molecule has 2 rings (SSSR count). The maximum absolute atomic E-state index is 13.2. The smallest absolute Gasteiger partial charge is 0.328 e. The Morgan fingerprint density at radius 1 is 0.818 bits per heavy atom. The molecule has 0 spiro atoms. The lowest BCUT2D eigenvalue weighted by molar-refractivity contribution is -0.145. The van der Waals surface area contributed by atoms with Gasteiger partial charge >= 0.3 is 5.97 Å². The molecule has 0 heterocycles. The molecule has 2 aromatic rings. The highest BCUT2D eigenvalue weighted by atomic mass is 28.3. The van der Waals surface area contributed by atoms with Gasteiger partial charge in [0.05, 0.1) is 13.2 Å². The Bertz CT molecular complexity index is 916. The summed E-state index contributed by atoms with van der Waals surface area (Å²) in [6, 6.07) is 17.0. The van der Waals surface area contributed by atoms with Crippen LogP contribution >= 0.6 is 0 Å². The molecule has 0 aliphatic rings. The fraction of sp³-hybridized carbons (Fsp3) is 0.400. The maximum Gasteiger partial charge on any atom is 0.328 e. The van der Waals surface area contributed by atoms with E-state index in [1.165, 1.54) is 7.11 Å². The van der Waals surface area contributed by atoms with E-state index in [1.807, 2.05) is 60.7 Å². The number of esters is 1. The maximum atomic E-state index is 13.2. The Morgan fingerprint density at radius 3 is 1.79 bits per heavy atom. The number of nitrogens with one attached hydrogen (secondary N) is 2. The third kappa shape index (κ3) is 9.19. The van der Waals surface area contributed by atoms with Gasteiger partial charge in [-0.15, -0.1) is 0 Å². The zero-order valence-electron chi connectivity index (χ0n) is 19.8. The molecule has 33 heavy (non-hydrogen) atoms. The molecule has 0 saturated heterocycles. The Kier molecular flexibility index (Phi) is 9.81. The number of ether oxygens (including phenoxy) is 1. The summed E-state index contributed by atoms with van der Waals surface area (Å²) < 4.78 is 4.90. The minimum atomic E-state index is -1.75. The molecule has 2 amide bonds. The predicted molar refractivity (Wildman–Crippen MR) is 132 cm³/mol. The summed E-state index contributed by atoms with van der Waals surface area (Å²) in [5.41, 5.74) is 7.96. The van der Waals surface area contributed by atoms with E-state index < -0.39 is 44.0 Å². The summed E-state index contributed by atoms with van der Waals surface area (Å²) >= 11 is 0. The van der Waals surface area contributed by atoms with Crippen LogP contribution in [0.4, 0.5) is 0 Å². The highest BCUT2D eigenvalue weighted by Crippen LogP contribution is 2.14. The molecular weight excluding hydrogens is 434 g/mol. The van der Waals surface area contributed by atoms with Gasteiger partial charge < -0.3 is 21.1 Å². The molecule has 0 aliphatic heterocycles. The second-order valence-electron chi connectivity index (χ2n) is 9.40. The minimum absolute atomic E-state index is 0.292. The molecule has 178 valence electrons. The summed E-state index contributed by atoms with van der Waals surface area (Å²) in [4.78, 5) is 38.4. The first-order chi connectivity index (χ1) is 15.6. The SMILES string of the molecule is COC(=O)[C@H](Cc1ccccc1)NC(=O)[C@H](C[Si](C)(C)C)NC(=O)[C@@H](N)Cc1ccccc1. The van der Waals surface area contributed by atoms with E-state index in [-0.39, 0.29) is 0 Å². The van der Waals surface area contributed by atoms with Crippen LogP contribution in [0.25, 0.3) is 0 Å². The van der Waals surface area contributed by atoms with Crippen LogP contribution in [-0.2, 0) is 32.0 Å². The van der Waals surface area contributed by atoms with Crippen molar-refractivity contribution in [2.75, 3.05) is 7.11 Å². The lowest BCUT2D eigenvalue weighted by Gasteiger charge is -2.27. The third-order valence-electron chi connectivity index (χ3n) is 5.17. The minimum Gasteiger partial charge on any atom is -0.467 e. The molecule has 0 bridgehead atoms. The van der Waals surface area contributed by atoms with Gasteiger partial charge in [-0.05, 0) is 23.6 Å². The molecule has 0 aliphatic carbocycles. The first-order valence-electron chi connectivity index (χ1n) is 11.1. The van der Waals surface area contributed by atoms with Crippen LogP contribution in [0.2, 0.25) is 25.7 Å². The lowest BCUT2D eigenvalue weighted by Crippen LogP contribution is -2.56. The molecule has 0 unspecified atom stereocenters. The number of hydrogen-bond donors (Lipinski definition) is 3. The summed E-state index contributed by atoms with van der Waals surface area (Å²) in [5.74, 6) is -1.34. The topological polar surface area (TPSA) is 111 Å². The van der Waals surface area contributed by atoms with E-state index >= 15 is 0 Å². The van der Waals surface area contributed by atoms with Crippen LogP contribution in [0.5, 0.6) is 0 Å². The van der Waals surface area contributed by atoms with Gasteiger partial charge in [-0.25, -0.2) is 4.79 Å². The second-order valence-corrected chi connectivity index (χ2v) is 14.9. The van der Waals surface area contributed by atoms with Crippen molar-refractivity contribution in [3.63, 3.8) is 0 Å². The van der Waals surface area contributed by atoms with Crippen molar-refractivity contribution < 1.29 is 19.1 Å². The molecule has 0 fully saturated rings. The lowest BCUT2D eigenvalue weighted by atomic mass is 10.0. The highest BCUT2D eigenvalue weighted by molar-refractivity contribution is 6.76. The van der Waals surface area contributed by atoms with Crippen molar-refractivity contribution in [2.24, 2.45) is 5.73 Å². The molecule has 4 N–H and O–H groups in total.